The van der Waals surface area contributed by atoms with E-state index in [-0.39, 0.29) is 6.17 Å². The molecule has 3 nitrogen and oxygen atoms in total. The summed E-state index contributed by atoms with van der Waals surface area (Å²) in [5.74, 6) is 0.855. The highest BCUT2D eigenvalue weighted by Gasteiger charge is 1.92. The Labute approximate surface area is 73.9 Å². The van der Waals surface area contributed by atoms with Crippen molar-refractivity contribution in [3.8, 4) is 0 Å². The third kappa shape index (κ3) is 11.4. The zero-order valence-corrected chi connectivity index (χ0v) is 8.04. The predicted octanol–water partition coefficient (Wildman–Crippen LogP) is -0.00950. The molecule has 0 bridgehead atoms. The quantitative estimate of drug-likeness (QED) is 0.315. The lowest BCUT2D eigenvalue weighted by atomic mass is 10.4. The summed E-state index contributed by atoms with van der Waals surface area (Å²) in [4.78, 5) is 0. The van der Waals surface area contributed by atoms with E-state index in [9.17, 15) is 0 Å². The minimum Gasteiger partial charge on any atom is -0.316 e. The third-order valence-electron chi connectivity index (χ3n) is 0.958. The van der Waals surface area contributed by atoms with Crippen molar-refractivity contribution in [3.05, 3.63) is 0 Å². The highest BCUT2D eigenvalue weighted by atomic mass is 32.1. The van der Waals surface area contributed by atoms with Crippen molar-refractivity contribution in [2.75, 3.05) is 12.3 Å². The van der Waals surface area contributed by atoms with Crippen LogP contribution in [0.2, 0.25) is 0 Å². The molecule has 0 aromatic carbocycles. The fraction of sp³-hybridized carbons (Fsp3) is 1.00. The van der Waals surface area contributed by atoms with E-state index in [2.05, 4.69) is 42.8 Å². The van der Waals surface area contributed by atoms with Crippen LogP contribution in [0.15, 0.2) is 0 Å². The Hall–Kier alpha value is 0.580. The Morgan fingerprint density at radius 2 is 2.00 bits per heavy atom. The van der Waals surface area contributed by atoms with Crippen LogP contribution in [-0.2, 0) is 0 Å². The van der Waals surface area contributed by atoms with Gasteiger partial charge < -0.3 is 11.1 Å². The summed E-state index contributed by atoms with van der Waals surface area (Å²) in [6.45, 7) is 2.95. The minimum absolute atomic E-state index is 0.155. The maximum atomic E-state index is 5.51. The van der Waals surface area contributed by atoms with Crippen LogP contribution in [0, 0.1) is 0 Å². The van der Waals surface area contributed by atoms with E-state index in [4.69, 9.17) is 5.73 Å². The SMILES string of the molecule is CCC(N)NCCS.NS. The molecule has 1 atom stereocenters. The van der Waals surface area contributed by atoms with E-state index >= 15 is 0 Å². The van der Waals surface area contributed by atoms with Crippen LogP contribution in [-0.4, -0.2) is 18.5 Å². The molecule has 0 saturated heterocycles. The second-order valence-electron chi connectivity index (χ2n) is 1.69. The first-order valence-corrected chi connectivity index (χ1v) is 4.31. The second kappa shape index (κ2) is 12.3. The van der Waals surface area contributed by atoms with Gasteiger partial charge in [-0.15, -0.1) is 12.8 Å². The predicted molar refractivity (Wildman–Crippen MR) is 53.3 cm³/mol. The molecule has 5 heteroatoms. The second-order valence-corrected chi connectivity index (χ2v) is 2.14. The van der Waals surface area contributed by atoms with Crippen molar-refractivity contribution < 1.29 is 0 Å². The molecule has 0 aromatic heterocycles. The number of nitrogens with two attached hydrogens (primary N) is 2. The normalized spacial score (nSPS) is 11.7. The van der Waals surface area contributed by atoms with Crippen LogP contribution in [0.5, 0.6) is 0 Å². The molecule has 1 unspecified atom stereocenters. The zero-order valence-electron chi connectivity index (χ0n) is 6.25. The topological polar surface area (TPSA) is 64.1 Å². The van der Waals surface area contributed by atoms with E-state index in [1.165, 1.54) is 0 Å². The van der Waals surface area contributed by atoms with Gasteiger partial charge in [-0.1, -0.05) is 6.92 Å². The number of thiol groups is 2. The molecule has 0 aliphatic rings. The lowest BCUT2D eigenvalue weighted by Crippen LogP contribution is -2.37. The molecule has 0 aliphatic carbocycles. The van der Waals surface area contributed by atoms with Crippen molar-refractivity contribution in [1.82, 2.24) is 5.32 Å². The average molecular weight is 183 g/mol. The smallest absolute Gasteiger partial charge is 0.0543 e. The van der Waals surface area contributed by atoms with Gasteiger partial charge in [0.2, 0.25) is 0 Å². The average Bonchev–Trinajstić information content (AvgIpc) is 2.04. The van der Waals surface area contributed by atoms with Crippen LogP contribution >= 0.6 is 25.4 Å². The van der Waals surface area contributed by atoms with Crippen LogP contribution in [0.3, 0.4) is 0 Å². The molecule has 0 saturated carbocycles. The van der Waals surface area contributed by atoms with Crippen LogP contribution in [0.4, 0.5) is 0 Å². The first-order chi connectivity index (χ1) is 4.81. The molecule has 0 aromatic rings. The highest BCUT2D eigenvalue weighted by Crippen LogP contribution is 1.78. The van der Waals surface area contributed by atoms with E-state index in [1.807, 2.05) is 0 Å². The Balaban J connectivity index is 0. The summed E-state index contributed by atoms with van der Waals surface area (Å²) in [6, 6.07) is 0. The Morgan fingerprint density at radius 3 is 2.30 bits per heavy atom. The number of nitrogens with one attached hydrogen (secondary N) is 1. The molecule has 0 fully saturated rings. The minimum atomic E-state index is 0.155. The summed E-state index contributed by atoms with van der Waals surface area (Å²) < 4.78 is 0. The van der Waals surface area contributed by atoms with Gasteiger partial charge in [-0.25, -0.2) is 0 Å². The Kier molecular flexibility index (Phi) is 16.2. The van der Waals surface area contributed by atoms with E-state index in [0.29, 0.717) is 0 Å². The zero-order chi connectivity index (χ0) is 8.41. The molecule has 0 heterocycles. The fourth-order valence-corrected chi connectivity index (χ4v) is 0.523. The molecule has 0 aliphatic heterocycles. The lowest BCUT2D eigenvalue weighted by Gasteiger charge is -2.08. The molecule has 64 valence electrons. The number of rotatable bonds is 4. The maximum absolute atomic E-state index is 5.51. The first-order valence-electron chi connectivity index (χ1n) is 3.17. The lowest BCUT2D eigenvalue weighted by molar-refractivity contribution is 0.533. The van der Waals surface area contributed by atoms with Gasteiger partial charge in [0, 0.05) is 12.3 Å². The Bertz CT molecular complexity index is 54.2. The number of hydrogen-bond acceptors (Lipinski definition) is 5. The van der Waals surface area contributed by atoms with Gasteiger partial charge in [0.1, 0.15) is 0 Å². The third-order valence-corrected chi connectivity index (χ3v) is 1.18. The van der Waals surface area contributed by atoms with Gasteiger partial charge in [-0.3, -0.25) is 5.14 Å². The van der Waals surface area contributed by atoms with Crippen molar-refractivity contribution in [2.24, 2.45) is 10.9 Å². The number of hydrogen-bond donors (Lipinski definition) is 5. The molecule has 0 rings (SSSR count). The highest BCUT2D eigenvalue weighted by molar-refractivity contribution is 7.80. The molecular formula is C5H17N3S2. The first kappa shape index (κ1) is 13.2. The largest absolute Gasteiger partial charge is 0.316 e. The fourth-order valence-electron chi connectivity index (χ4n) is 0.394. The van der Waals surface area contributed by atoms with Crippen molar-refractivity contribution in [3.63, 3.8) is 0 Å². The van der Waals surface area contributed by atoms with Crippen LogP contribution in [0.1, 0.15) is 13.3 Å². The van der Waals surface area contributed by atoms with Gasteiger partial charge in [0.05, 0.1) is 6.17 Å². The summed E-state index contributed by atoms with van der Waals surface area (Å²) in [5, 5.41) is 7.28. The summed E-state index contributed by atoms with van der Waals surface area (Å²) in [6.07, 6.45) is 1.13. The molecule has 0 amide bonds. The van der Waals surface area contributed by atoms with Gasteiger partial charge in [0.25, 0.3) is 0 Å². The van der Waals surface area contributed by atoms with E-state index in [1.54, 1.807) is 0 Å². The maximum Gasteiger partial charge on any atom is 0.0543 e. The van der Waals surface area contributed by atoms with Gasteiger partial charge in [-0.2, -0.15) is 12.6 Å². The van der Waals surface area contributed by atoms with Crippen molar-refractivity contribution in [2.45, 2.75) is 19.5 Å². The molecule has 0 radical (unpaired) electrons. The Morgan fingerprint density at radius 1 is 1.50 bits per heavy atom. The summed E-state index contributed by atoms with van der Waals surface area (Å²) in [5.41, 5.74) is 5.51. The van der Waals surface area contributed by atoms with Crippen molar-refractivity contribution >= 4 is 25.4 Å². The van der Waals surface area contributed by atoms with E-state index in [0.717, 1.165) is 18.7 Å². The summed E-state index contributed by atoms with van der Waals surface area (Å²) in [7, 11) is 0. The molecule has 0 spiro atoms. The van der Waals surface area contributed by atoms with Gasteiger partial charge in [-0.05, 0) is 6.42 Å². The summed E-state index contributed by atoms with van der Waals surface area (Å²) >= 11 is 7.04. The molecule has 5 N–H and O–H groups in total. The molecule has 10 heavy (non-hydrogen) atoms. The standard InChI is InChI=1S/C5H14N2S.H3NS/c1-2-5(6)7-3-4-8;1-2/h5,7-8H,2-4,6H2,1H3;2H,1H2. The van der Waals surface area contributed by atoms with Gasteiger partial charge >= 0.3 is 0 Å². The van der Waals surface area contributed by atoms with Crippen LogP contribution in [0.25, 0.3) is 0 Å². The van der Waals surface area contributed by atoms with E-state index < -0.39 is 0 Å². The monoisotopic (exact) mass is 183 g/mol. The molecular weight excluding hydrogens is 166 g/mol. The van der Waals surface area contributed by atoms with Crippen LogP contribution < -0.4 is 16.2 Å². The van der Waals surface area contributed by atoms with Gasteiger partial charge in [0.15, 0.2) is 0 Å². The van der Waals surface area contributed by atoms with Crippen molar-refractivity contribution in [1.29, 1.82) is 0 Å².